The summed E-state index contributed by atoms with van der Waals surface area (Å²) in [4.78, 5) is 23.2. The first-order valence-electron chi connectivity index (χ1n) is 9.05. The maximum absolute atomic E-state index is 12.4. The van der Waals surface area contributed by atoms with Crippen LogP contribution >= 0.6 is 0 Å². The van der Waals surface area contributed by atoms with Crippen molar-refractivity contribution in [2.75, 3.05) is 5.32 Å². The van der Waals surface area contributed by atoms with Gasteiger partial charge >= 0.3 is 12.0 Å². The summed E-state index contributed by atoms with van der Waals surface area (Å²) < 4.78 is 1.83. The lowest BCUT2D eigenvalue weighted by molar-refractivity contribution is -0.137. The van der Waals surface area contributed by atoms with Crippen LogP contribution in [0.5, 0.6) is 0 Å². The number of aromatic nitrogens is 2. The molecule has 7 heteroatoms. The number of carboxylic acids is 1. The molecule has 0 radical (unpaired) electrons. The minimum Gasteiger partial charge on any atom is -0.481 e. The second kappa shape index (κ2) is 8.24. The fourth-order valence-electron chi connectivity index (χ4n) is 2.84. The van der Waals surface area contributed by atoms with Crippen molar-refractivity contribution in [3.05, 3.63) is 41.7 Å². The molecular formula is C20H28N4O3. The molecule has 0 aliphatic heterocycles. The summed E-state index contributed by atoms with van der Waals surface area (Å²) in [7, 11) is 0. The molecule has 0 spiro atoms. The Morgan fingerprint density at radius 1 is 1.22 bits per heavy atom. The first-order chi connectivity index (χ1) is 12.6. The number of hydrogen-bond acceptors (Lipinski definition) is 3. The van der Waals surface area contributed by atoms with Crippen molar-refractivity contribution < 1.29 is 14.7 Å². The third-order valence-corrected chi connectivity index (χ3v) is 4.30. The third kappa shape index (κ3) is 5.57. The van der Waals surface area contributed by atoms with E-state index in [2.05, 4.69) is 15.7 Å². The fourth-order valence-corrected chi connectivity index (χ4v) is 2.84. The van der Waals surface area contributed by atoms with Gasteiger partial charge in [0.2, 0.25) is 0 Å². The van der Waals surface area contributed by atoms with Gasteiger partial charge in [-0.15, -0.1) is 0 Å². The summed E-state index contributed by atoms with van der Waals surface area (Å²) in [6.07, 6.45) is 1.98. The second-order valence-electron chi connectivity index (χ2n) is 7.70. The number of amides is 2. The zero-order valence-electron chi connectivity index (χ0n) is 16.5. The largest absolute Gasteiger partial charge is 0.481 e. The summed E-state index contributed by atoms with van der Waals surface area (Å²) in [5, 5.41) is 19.0. The number of hydrogen-bond donors (Lipinski definition) is 3. The van der Waals surface area contributed by atoms with Crippen LogP contribution in [0.4, 0.5) is 10.5 Å². The number of aryl methyl sites for hydroxylation is 1. The van der Waals surface area contributed by atoms with E-state index in [1.807, 2.05) is 49.7 Å². The molecule has 1 aromatic carbocycles. The van der Waals surface area contributed by atoms with E-state index in [9.17, 15) is 9.59 Å². The molecule has 2 aromatic rings. The van der Waals surface area contributed by atoms with Gasteiger partial charge in [-0.1, -0.05) is 31.5 Å². The average Bonchev–Trinajstić information content (AvgIpc) is 2.97. The van der Waals surface area contributed by atoms with E-state index in [0.29, 0.717) is 12.1 Å². The molecule has 0 saturated carbocycles. The van der Waals surface area contributed by atoms with Crippen LogP contribution in [0.15, 0.2) is 30.5 Å². The highest BCUT2D eigenvalue weighted by Crippen LogP contribution is 2.27. The molecule has 0 bridgehead atoms. The highest BCUT2D eigenvalue weighted by atomic mass is 16.4. The maximum Gasteiger partial charge on any atom is 0.319 e. The fraction of sp³-hybridized carbons (Fsp3) is 0.450. The summed E-state index contributed by atoms with van der Waals surface area (Å²) in [5.41, 5.74) is 3.00. The quantitative estimate of drug-likeness (QED) is 0.682. The molecule has 3 N–H and O–H groups in total. The van der Waals surface area contributed by atoms with Gasteiger partial charge in [0.15, 0.2) is 0 Å². The summed E-state index contributed by atoms with van der Waals surface area (Å²) in [6.45, 7) is 9.71. The van der Waals surface area contributed by atoms with E-state index in [-0.39, 0.29) is 18.4 Å². The predicted molar refractivity (Wildman–Crippen MR) is 105 cm³/mol. The predicted octanol–water partition coefficient (Wildman–Crippen LogP) is 4.07. The van der Waals surface area contributed by atoms with Crippen LogP contribution in [0.3, 0.4) is 0 Å². The van der Waals surface area contributed by atoms with Crippen molar-refractivity contribution in [3.8, 4) is 5.69 Å². The van der Waals surface area contributed by atoms with Crippen LogP contribution in [0.2, 0.25) is 0 Å². The number of nitrogens with one attached hydrogen (secondary N) is 2. The SMILES string of the molecule is Cc1ccc(-n2ncc(NC(=O)NC(C)(C)CCC(=O)O)c2C(C)C)cc1. The normalized spacial score (nSPS) is 11.5. The number of nitrogens with zero attached hydrogens (tertiary/aromatic N) is 2. The summed E-state index contributed by atoms with van der Waals surface area (Å²) in [6, 6.07) is 7.65. The standard InChI is InChI=1S/C20H28N4O3/c1-13(2)18-16(12-21-24(18)15-8-6-14(3)7-9-15)22-19(27)23-20(4,5)11-10-17(25)26/h6-9,12-13H,10-11H2,1-5H3,(H,25,26)(H2,22,23,27). The van der Waals surface area contributed by atoms with Crippen molar-refractivity contribution >= 4 is 17.7 Å². The molecule has 0 unspecified atom stereocenters. The van der Waals surface area contributed by atoms with Crippen molar-refractivity contribution in [2.45, 2.75) is 58.9 Å². The highest BCUT2D eigenvalue weighted by Gasteiger charge is 2.23. The first-order valence-corrected chi connectivity index (χ1v) is 9.05. The number of urea groups is 1. The third-order valence-electron chi connectivity index (χ3n) is 4.30. The van der Waals surface area contributed by atoms with Crippen LogP contribution in [0.1, 0.15) is 57.7 Å². The van der Waals surface area contributed by atoms with Crippen LogP contribution in [0, 0.1) is 6.92 Å². The Kier molecular flexibility index (Phi) is 6.25. The molecular weight excluding hydrogens is 344 g/mol. The van der Waals surface area contributed by atoms with Gasteiger partial charge in [-0.05, 0) is 45.2 Å². The number of carbonyl (C=O) groups is 2. The van der Waals surface area contributed by atoms with E-state index in [4.69, 9.17) is 5.11 Å². The smallest absolute Gasteiger partial charge is 0.319 e. The van der Waals surface area contributed by atoms with E-state index in [1.54, 1.807) is 20.0 Å². The molecule has 0 aliphatic rings. The Bertz CT molecular complexity index is 807. The van der Waals surface area contributed by atoms with Crippen molar-refractivity contribution in [3.63, 3.8) is 0 Å². The summed E-state index contributed by atoms with van der Waals surface area (Å²) >= 11 is 0. The first kappa shape index (κ1) is 20.5. The molecule has 0 atom stereocenters. The number of aliphatic carboxylic acids is 1. The maximum atomic E-state index is 12.4. The van der Waals surface area contributed by atoms with Gasteiger partial charge in [-0.2, -0.15) is 5.10 Å². The molecule has 146 valence electrons. The van der Waals surface area contributed by atoms with Gasteiger partial charge in [0, 0.05) is 12.0 Å². The molecule has 0 saturated heterocycles. The Balaban J connectivity index is 2.18. The average molecular weight is 372 g/mol. The number of anilines is 1. The van der Waals surface area contributed by atoms with Gasteiger partial charge in [0.05, 0.1) is 23.3 Å². The topological polar surface area (TPSA) is 96.3 Å². The van der Waals surface area contributed by atoms with Crippen LogP contribution in [-0.4, -0.2) is 32.4 Å². The van der Waals surface area contributed by atoms with Crippen molar-refractivity contribution in [2.24, 2.45) is 0 Å². The number of carboxylic acid groups (broad SMARTS) is 1. The van der Waals surface area contributed by atoms with Crippen molar-refractivity contribution in [1.29, 1.82) is 0 Å². The zero-order chi connectivity index (χ0) is 20.2. The molecule has 27 heavy (non-hydrogen) atoms. The van der Waals surface area contributed by atoms with E-state index < -0.39 is 11.5 Å². The van der Waals surface area contributed by atoms with E-state index in [1.165, 1.54) is 5.56 Å². The Labute approximate surface area is 159 Å². The number of benzene rings is 1. The molecule has 2 amide bonds. The highest BCUT2D eigenvalue weighted by molar-refractivity contribution is 5.90. The molecule has 2 rings (SSSR count). The lowest BCUT2D eigenvalue weighted by Gasteiger charge is -2.25. The molecule has 1 heterocycles. The van der Waals surface area contributed by atoms with Crippen LogP contribution in [0.25, 0.3) is 5.69 Å². The Morgan fingerprint density at radius 3 is 2.41 bits per heavy atom. The van der Waals surface area contributed by atoms with Gasteiger partial charge in [-0.3, -0.25) is 4.79 Å². The van der Waals surface area contributed by atoms with E-state index >= 15 is 0 Å². The number of rotatable bonds is 7. The molecule has 0 fully saturated rings. The lowest BCUT2D eigenvalue weighted by Crippen LogP contribution is -2.45. The molecule has 0 aliphatic carbocycles. The van der Waals surface area contributed by atoms with Gasteiger partial charge in [-0.25, -0.2) is 9.48 Å². The monoisotopic (exact) mass is 372 g/mol. The van der Waals surface area contributed by atoms with Crippen molar-refractivity contribution in [1.82, 2.24) is 15.1 Å². The van der Waals surface area contributed by atoms with E-state index in [0.717, 1.165) is 11.4 Å². The van der Waals surface area contributed by atoms with Crippen LogP contribution < -0.4 is 10.6 Å². The van der Waals surface area contributed by atoms with Gasteiger partial charge in [0.1, 0.15) is 0 Å². The second-order valence-corrected chi connectivity index (χ2v) is 7.70. The summed E-state index contributed by atoms with van der Waals surface area (Å²) in [5.74, 6) is -0.740. The lowest BCUT2D eigenvalue weighted by atomic mass is 9.99. The molecule has 1 aromatic heterocycles. The van der Waals surface area contributed by atoms with Gasteiger partial charge in [0.25, 0.3) is 0 Å². The van der Waals surface area contributed by atoms with Gasteiger partial charge < -0.3 is 15.7 Å². The molecule has 7 nitrogen and oxygen atoms in total. The number of carbonyl (C=O) groups excluding carboxylic acids is 1. The minimum absolute atomic E-state index is 0.00409. The minimum atomic E-state index is -0.883. The Morgan fingerprint density at radius 2 is 1.85 bits per heavy atom. The Hall–Kier alpha value is -2.83. The zero-order valence-corrected chi connectivity index (χ0v) is 16.5. The van der Waals surface area contributed by atoms with Crippen LogP contribution in [-0.2, 0) is 4.79 Å².